The van der Waals surface area contributed by atoms with E-state index in [2.05, 4.69) is 5.14 Å². The van der Waals surface area contributed by atoms with Crippen LogP contribution in [0.15, 0.2) is 0 Å². The molecule has 0 aliphatic heterocycles. The van der Waals surface area contributed by atoms with Crippen LogP contribution in [0.25, 0.3) is 0 Å². The molecule has 0 heterocycles. The molecule has 0 aliphatic rings. The van der Waals surface area contributed by atoms with Crippen molar-refractivity contribution in [3.63, 3.8) is 0 Å². The predicted molar refractivity (Wildman–Crippen MR) is 21.4 cm³/mol. The molecule has 0 atom stereocenters. The molecule has 9 heteroatoms. The van der Waals surface area contributed by atoms with Gasteiger partial charge < -0.3 is 2.85 Å². The van der Waals surface area contributed by atoms with Crippen molar-refractivity contribution >= 4 is 10.0 Å². The first-order valence-corrected chi connectivity index (χ1v) is 2.89. The molecular formula is CH4F3Li2NO2S. The molecule has 0 fully saturated rings. The molecule has 0 aliphatic carbocycles. The van der Waals surface area contributed by atoms with Crippen LogP contribution in [0.4, 0.5) is 13.2 Å². The molecule has 0 bridgehead atoms. The molecule has 0 aromatic heterocycles. The van der Waals surface area contributed by atoms with E-state index in [0.29, 0.717) is 0 Å². The Bertz CT molecular complexity index is 181. The van der Waals surface area contributed by atoms with Gasteiger partial charge in [-0.3, -0.25) is 0 Å². The van der Waals surface area contributed by atoms with Crippen molar-refractivity contribution in [3.05, 3.63) is 0 Å². The largest absolute Gasteiger partial charge is 1.00 e. The van der Waals surface area contributed by atoms with Gasteiger partial charge in [-0.1, -0.05) is 0 Å². The Morgan fingerprint density at radius 3 is 1.30 bits per heavy atom. The SMILES string of the molecule is NS(=O)(=O)C(F)(F)F.[H-].[H-].[Li+].[Li+]. The fourth-order valence-corrected chi connectivity index (χ4v) is 0. The van der Waals surface area contributed by atoms with Crippen LogP contribution in [-0.2, 0) is 10.0 Å². The Kier molecular flexibility index (Phi) is 8.06. The number of primary sulfonamides is 1. The van der Waals surface area contributed by atoms with Gasteiger partial charge in [-0.25, -0.2) is 13.6 Å². The Hall–Kier alpha value is 0.895. The minimum atomic E-state index is -5.34. The second kappa shape index (κ2) is 4.71. The molecule has 0 aromatic carbocycles. The van der Waals surface area contributed by atoms with Crippen LogP contribution < -0.4 is 42.9 Å². The van der Waals surface area contributed by atoms with E-state index in [1.807, 2.05) is 0 Å². The van der Waals surface area contributed by atoms with Crippen molar-refractivity contribution in [1.29, 1.82) is 0 Å². The van der Waals surface area contributed by atoms with E-state index in [-0.39, 0.29) is 40.6 Å². The summed E-state index contributed by atoms with van der Waals surface area (Å²) >= 11 is 0. The molecule has 3 nitrogen and oxygen atoms in total. The number of hydrogen-bond donors (Lipinski definition) is 1. The second-order valence-corrected chi connectivity index (χ2v) is 2.54. The van der Waals surface area contributed by atoms with Crippen molar-refractivity contribution in [3.8, 4) is 0 Å². The summed E-state index contributed by atoms with van der Waals surface area (Å²) in [6.45, 7) is 0. The van der Waals surface area contributed by atoms with E-state index in [4.69, 9.17) is 0 Å². The van der Waals surface area contributed by atoms with Gasteiger partial charge in [-0.05, 0) is 0 Å². The van der Waals surface area contributed by atoms with Crippen LogP contribution in [0.1, 0.15) is 2.85 Å². The van der Waals surface area contributed by atoms with Gasteiger partial charge >= 0.3 is 53.3 Å². The van der Waals surface area contributed by atoms with Crippen LogP contribution in [0.3, 0.4) is 0 Å². The van der Waals surface area contributed by atoms with Crippen molar-refractivity contribution in [2.75, 3.05) is 0 Å². The minimum Gasteiger partial charge on any atom is -1.00 e. The molecule has 0 spiro atoms. The summed E-state index contributed by atoms with van der Waals surface area (Å²) in [4.78, 5) is 0. The van der Waals surface area contributed by atoms with E-state index in [1.54, 1.807) is 0 Å². The van der Waals surface area contributed by atoms with Gasteiger partial charge in [0.1, 0.15) is 0 Å². The smallest absolute Gasteiger partial charge is 1.00 e. The summed E-state index contributed by atoms with van der Waals surface area (Å²) in [5.74, 6) is 0. The topological polar surface area (TPSA) is 60.2 Å². The van der Waals surface area contributed by atoms with Crippen LogP contribution in [-0.4, -0.2) is 13.9 Å². The van der Waals surface area contributed by atoms with E-state index < -0.39 is 15.5 Å². The maximum Gasteiger partial charge on any atom is 1.00 e. The zero-order valence-electron chi connectivity index (χ0n) is 7.44. The van der Waals surface area contributed by atoms with E-state index in [1.165, 1.54) is 0 Å². The molecule has 0 saturated heterocycles. The average molecular weight is 165 g/mol. The first-order chi connectivity index (χ1) is 3.25. The molecule has 0 saturated carbocycles. The van der Waals surface area contributed by atoms with Crippen LogP contribution in [0, 0.1) is 0 Å². The van der Waals surface area contributed by atoms with Gasteiger partial charge in [-0.2, -0.15) is 13.2 Å². The molecule has 0 radical (unpaired) electrons. The second-order valence-electron chi connectivity index (χ2n) is 0.991. The summed E-state index contributed by atoms with van der Waals surface area (Å²) in [5.41, 5.74) is -5.31. The molecular weight excluding hydrogens is 161 g/mol. The monoisotopic (exact) mass is 165 g/mol. The maximum atomic E-state index is 10.8. The molecule has 10 heavy (non-hydrogen) atoms. The molecule has 0 aromatic rings. The molecule has 2 N–H and O–H groups in total. The number of sulfonamides is 1. The fourth-order valence-electron chi connectivity index (χ4n) is 0. The quantitative estimate of drug-likeness (QED) is 0.363. The van der Waals surface area contributed by atoms with Crippen LogP contribution >= 0.6 is 0 Å². The first kappa shape index (κ1) is 17.1. The third kappa shape index (κ3) is 5.66. The number of rotatable bonds is 0. The van der Waals surface area contributed by atoms with Crippen molar-refractivity contribution in [2.24, 2.45) is 5.14 Å². The predicted octanol–water partition coefficient (Wildman–Crippen LogP) is -5.97. The van der Waals surface area contributed by atoms with E-state index in [9.17, 15) is 21.6 Å². The number of hydrogen-bond acceptors (Lipinski definition) is 2. The summed E-state index contributed by atoms with van der Waals surface area (Å²) in [6.07, 6.45) is 0. The van der Waals surface area contributed by atoms with Gasteiger partial charge in [0, 0.05) is 0 Å². The molecule has 0 amide bonds. The summed E-state index contributed by atoms with van der Waals surface area (Å²) in [5, 5.41) is 3.66. The number of alkyl halides is 3. The Labute approximate surface area is 82.9 Å². The molecule has 54 valence electrons. The van der Waals surface area contributed by atoms with Crippen molar-refractivity contribution in [2.45, 2.75) is 5.51 Å². The van der Waals surface area contributed by atoms with E-state index >= 15 is 0 Å². The zero-order valence-corrected chi connectivity index (χ0v) is 6.25. The molecule has 0 unspecified atom stereocenters. The Morgan fingerprint density at radius 1 is 1.20 bits per heavy atom. The zero-order chi connectivity index (χ0) is 7.00. The third-order valence-electron chi connectivity index (χ3n) is 0.323. The fraction of sp³-hybridized carbons (Fsp3) is 1.00. The maximum absolute atomic E-state index is 10.8. The number of nitrogens with two attached hydrogens (primary N) is 1. The van der Waals surface area contributed by atoms with Crippen LogP contribution in [0.5, 0.6) is 0 Å². The summed E-state index contributed by atoms with van der Waals surface area (Å²) < 4.78 is 51.2. The van der Waals surface area contributed by atoms with Gasteiger partial charge in [0.05, 0.1) is 0 Å². The summed E-state index contributed by atoms with van der Waals surface area (Å²) in [7, 11) is -5.34. The third-order valence-corrected chi connectivity index (χ3v) is 0.968. The minimum absolute atomic E-state index is 0. The molecule has 0 rings (SSSR count). The average Bonchev–Trinajstić information content (AvgIpc) is 1.25. The Balaban J connectivity index is -0.0000000408. The normalized spacial score (nSPS) is 11.2. The Morgan fingerprint density at radius 2 is 1.30 bits per heavy atom. The standard InChI is InChI=1S/CH2F3NO2S.2Li.2H/c2-1(3,4)8(5,6)7;;;;/h(H2,5,6,7);;;;/q;2*+1;2*-1. The summed E-state index contributed by atoms with van der Waals surface area (Å²) in [6, 6.07) is 0. The van der Waals surface area contributed by atoms with Gasteiger partial charge in [0.2, 0.25) is 0 Å². The first-order valence-electron chi connectivity index (χ1n) is 1.34. The van der Waals surface area contributed by atoms with Gasteiger partial charge in [0.15, 0.2) is 0 Å². The van der Waals surface area contributed by atoms with Crippen molar-refractivity contribution < 1.29 is 62.2 Å². The van der Waals surface area contributed by atoms with E-state index in [0.717, 1.165) is 0 Å². The number of halogens is 3. The van der Waals surface area contributed by atoms with Gasteiger partial charge in [0.25, 0.3) is 0 Å². The van der Waals surface area contributed by atoms with Gasteiger partial charge in [-0.15, -0.1) is 0 Å². The van der Waals surface area contributed by atoms with Crippen LogP contribution in [0.2, 0.25) is 0 Å². The van der Waals surface area contributed by atoms with Crippen molar-refractivity contribution in [1.82, 2.24) is 0 Å².